The highest BCUT2D eigenvalue weighted by atomic mass is 16.5. The smallest absolute Gasteiger partial charge is 0.214 e. The zero-order chi connectivity index (χ0) is 9.26. The van der Waals surface area contributed by atoms with Gasteiger partial charge < -0.3 is 4.74 Å². The molecule has 0 aliphatic rings. The van der Waals surface area contributed by atoms with Crippen molar-refractivity contribution in [1.29, 1.82) is 5.26 Å². The Hall–Kier alpha value is -2.02. The molecular formula is C9H7N3O. The highest BCUT2D eigenvalue weighted by molar-refractivity contribution is 5.60. The maximum atomic E-state index is 8.74. The van der Waals surface area contributed by atoms with Crippen LogP contribution < -0.4 is 4.74 Å². The molecule has 64 valence electrons. The normalized spacial score (nSPS) is 9.85. The van der Waals surface area contributed by atoms with Crippen molar-refractivity contribution in [2.75, 3.05) is 7.11 Å². The van der Waals surface area contributed by atoms with E-state index in [9.17, 15) is 0 Å². The number of methoxy groups -OCH3 is 1. The van der Waals surface area contributed by atoms with Crippen LogP contribution in [0, 0.1) is 11.3 Å². The van der Waals surface area contributed by atoms with Gasteiger partial charge in [0, 0.05) is 6.07 Å². The molecule has 0 fully saturated rings. The lowest BCUT2D eigenvalue weighted by Gasteiger charge is -2.01. The lowest BCUT2D eigenvalue weighted by Crippen LogP contribution is -1.94. The fourth-order valence-electron chi connectivity index (χ4n) is 1.23. The average molecular weight is 173 g/mol. The maximum absolute atomic E-state index is 8.74. The van der Waals surface area contributed by atoms with E-state index in [0.29, 0.717) is 11.4 Å². The summed E-state index contributed by atoms with van der Waals surface area (Å²) in [5, 5.41) is 12.8. The summed E-state index contributed by atoms with van der Waals surface area (Å²) in [7, 11) is 1.57. The second kappa shape index (κ2) is 2.79. The van der Waals surface area contributed by atoms with Crippen LogP contribution in [0.3, 0.4) is 0 Å². The van der Waals surface area contributed by atoms with Crippen molar-refractivity contribution in [3.05, 3.63) is 30.0 Å². The van der Waals surface area contributed by atoms with Crippen LogP contribution in [-0.4, -0.2) is 16.7 Å². The first-order chi connectivity index (χ1) is 6.36. The van der Waals surface area contributed by atoms with E-state index in [1.165, 1.54) is 6.20 Å². The molecule has 0 amide bonds. The zero-order valence-electron chi connectivity index (χ0n) is 7.06. The van der Waals surface area contributed by atoms with E-state index < -0.39 is 0 Å². The molecule has 4 heteroatoms. The molecule has 4 nitrogen and oxygen atoms in total. The average Bonchev–Trinajstić information content (AvgIpc) is 2.60. The van der Waals surface area contributed by atoms with Gasteiger partial charge in [-0.3, -0.25) is 0 Å². The monoisotopic (exact) mass is 173 g/mol. The molecule has 2 rings (SSSR count). The molecule has 0 aromatic carbocycles. The molecule has 0 saturated heterocycles. The summed E-state index contributed by atoms with van der Waals surface area (Å²) >= 11 is 0. The molecule has 2 aromatic heterocycles. The molecule has 2 heterocycles. The second-order valence-corrected chi connectivity index (χ2v) is 2.54. The Morgan fingerprint density at radius 1 is 1.54 bits per heavy atom. The van der Waals surface area contributed by atoms with Crippen LogP contribution in [0.25, 0.3) is 5.52 Å². The summed E-state index contributed by atoms with van der Waals surface area (Å²) in [5.74, 6) is 0.624. The van der Waals surface area contributed by atoms with Crippen molar-refractivity contribution in [2.45, 2.75) is 0 Å². The number of hydrogen-bond donors (Lipinski definition) is 0. The molecule has 0 atom stereocenters. The highest BCUT2D eigenvalue weighted by Crippen LogP contribution is 2.16. The summed E-state index contributed by atoms with van der Waals surface area (Å²) in [6.45, 7) is 0. The van der Waals surface area contributed by atoms with E-state index in [0.717, 1.165) is 5.52 Å². The minimum atomic E-state index is 0.555. The van der Waals surface area contributed by atoms with Crippen molar-refractivity contribution in [3.63, 3.8) is 0 Å². The fraction of sp³-hybridized carbons (Fsp3) is 0.111. The minimum absolute atomic E-state index is 0.555. The SMILES string of the molecule is COc1cccc2c(C#N)cnn12. The second-order valence-electron chi connectivity index (χ2n) is 2.54. The highest BCUT2D eigenvalue weighted by Gasteiger charge is 2.05. The molecule has 0 spiro atoms. The molecule has 2 aromatic rings. The van der Waals surface area contributed by atoms with E-state index in [1.54, 1.807) is 17.7 Å². The van der Waals surface area contributed by atoms with Crippen LogP contribution in [0.1, 0.15) is 5.56 Å². The summed E-state index contributed by atoms with van der Waals surface area (Å²) < 4.78 is 6.67. The number of pyridine rings is 1. The van der Waals surface area contributed by atoms with Crippen LogP contribution in [-0.2, 0) is 0 Å². The molecule has 0 aliphatic carbocycles. The lowest BCUT2D eigenvalue weighted by atomic mass is 10.3. The number of ether oxygens (including phenoxy) is 1. The summed E-state index contributed by atoms with van der Waals surface area (Å²) in [5.41, 5.74) is 1.32. The van der Waals surface area contributed by atoms with Crippen LogP contribution in [0.2, 0.25) is 0 Å². The molecule has 13 heavy (non-hydrogen) atoms. The largest absolute Gasteiger partial charge is 0.481 e. The Balaban J connectivity index is 2.81. The predicted octanol–water partition coefficient (Wildman–Crippen LogP) is 1.21. The third-order valence-electron chi connectivity index (χ3n) is 1.84. The summed E-state index contributed by atoms with van der Waals surface area (Å²) in [4.78, 5) is 0. The van der Waals surface area contributed by atoms with Gasteiger partial charge in [-0.25, -0.2) is 0 Å². The van der Waals surface area contributed by atoms with Gasteiger partial charge in [-0.05, 0) is 6.07 Å². The maximum Gasteiger partial charge on any atom is 0.214 e. The molecule has 0 radical (unpaired) electrons. The van der Waals surface area contributed by atoms with Gasteiger partial charge >= 0.3 is 0 Å². The first-order valence-corrected chi connectivity index (χ1v) is 3.77. The van der Waals surface area contributed by atoms with Gasteiger partial charge in [0.05, 0.1) is 24.4 Å². The Morgan fingerprint density at radius 3 is 3.08 bits per heavy atom. The minimum Gasteiger partial charge on any atom is -0.481 e. The van der Waals surface area contributed by atoms with Crippen molar-refractivity contribution in [3.8, 4) is 11.9 Å². The van der Waals surface area contributed by atoms with Crippen LogP contribution in [0.5, 0.6) is 5.88 Å². The molecule has 0 bridgehead atoms. The van der Waals surface area contributed by atoms with E-state index in [-0.39, 0.29) is 0 Å². The van der Waals surface area contributed by atoms with Crippen LogP contribution >= 0.6 is 0 Å². The van der Waals surface area contributed by atoms with E-state index in [2.05, 4.69) is 11.2 Å². The Kier molecular flexibility index (Phi) is 1.64. The molecule has 0 unspecified atom stereocenters. The number of hydrogen-bond acceptors (Lipinski definition) is 3. The number of nitriles is 1. The zero-order valence-corrected chi connectivity index (χ0v) is 7.06. The quantitative estimate of drug-likeness (QED) is 0.651. The number of rotatable bonds is 1. The first kappa shape index (κ1) is 7.62. The van der Waals surface area contributed by atoms with Gasteiger partial charge in [0.25, 0.3) is 0 Å². The van der Waals surface area contributed by atoms with Crippen molar-refractivity contribution in [1.82, 2.24) is 9.61 Å². The van der Waals surface area contributed by atoms with Gasteiger partial charge in [-0.15, -0.1) is 0 Å². The first-order valence-electron chi connectivity index (χ1n) is 3.77. The predicted molar refractivity (Wildman–Crippen MR) is 46.5 cm³/mol. The van der Waals surface area contributed by atoms with Crippen molar-refractivity contribution >= 4 is 5.52 Å². The molecule has 0 aliphatic heterocycles. The number of fused-ring (bicyclic) bond motifs is 1. The van der Waals surface area contributed by atoms with E-state index in [1.807, 2.05) is 12.1 Å². The third kappa shape index (κ3) is 1.02. The van der Waals surface area contributed by atoms with Crippen molar-refractivity contribution in [2.24, 2.45) is 0 Å². The Labute approximate surface area is 75.0 Å². The fourth-order valence-corrected chi connectivity index (χ4v) is 1.23. The van der Waals surface area contributed by atoms with Crippen LogP contribution in [0.4, 0.5) is 0 Å². The lowest BCUT2D eigenvalue weighted by molar-refractivity contribution is 0.386. The Bertz CT molecular complexity index is 481. The van der Waals surface area contributed by atoms with Gasteiger partial charge in [0.15, 0.2) is 0 Å². The molecular weight excluding hydrogens is 166 g/mol. The third-order valence-corrected chi connectivity index (χ3v) is 1.84. The van der Waals surface area contributed by atoms with Crippen molar-refractivity contribution < 1.29 is 4.74 Å². The topological polar surface area (TPSA) is 50.3 Å². The molecule has 0 saturated carbocycles. The standard InChI is InChI=1S/C9H7N3O/c1-13-9-4-2-3-8-7(5-10)6-11-12(8)9/h2-4,6H,1H3. The van der Waals surface area contributed by atoms with Gasteiger partial charge in [-0.1, -0.05) is 6.07 Å². The summed E-state index contributed by atoms with van der Waals surface area (Å²) in [6.07, 6.45) is 1.53. The number of nitrogens with zero attached hydrogens (tertiary/aromatic N) is 3. The van der Waals surface area contributed by atoms with E-state index in [4.69, 9.17) is 10.00 Å². The summed E-state index contributed by atoms with van der Waals surface area (Å²) in [6, 6.07) is 7.51. The van der Waals surface area contributed by atoms with Crippen LogP contribution in [0.15, 0.2) is 24.4 Å². The number of aromatic nitrogens is 2. The van der Waals surface area contributed by atoms with Gasteiger partial charge in [-0.2, -0.15) is 14.9 Å². The van der Waals surface area contributed by atoms with Gasteiger partial charge in [0.1, 0.15) is 6.07 Å². The molecule has 0 N–H and O–H groups in total. The Morgan fingerprint density at radius 2 is 2.38 bits per heavy atom. The van der Waals surface area contributed by atoms with E-state index >= 15 is 0 Å². The van der Waals surface area contributed by atoms with Gasteiger partial charge in [0.2, 0.25) is 5.88 Å².